The molecule has 172 valence electrons. The summed E-state index contributed by atoms with van der Waals surface area (Å²) in [5, 5.41) is 32.0. The lowest BCUT2D eigenvalue weighted by Gasteiger charge is -2.27. The highest BCUT2D eigenvalue weighted by atomic mass is 16.5. The fourth-order valence-electron chi connectivity index (χ4n) is 4.86. The summed E-state index contributed by atoms with van der Waals surface area (Å²) < 4.78 is 22.4. The van der Waals surface area contributed by atoms with Crippen molar-refractivity contribution in [3.63, 3.8) is 0 Å². The lowest BCUT2D eigenvalue weighted by atomic mass is 9.86. The average Bonchev–Trinajstić information content (AvgIpc) is 3.23. The van der Waals surface area contributed by atoms with Crippen LogP contribution in [-0.4, -0.2) is 60.9 Å². The van der Waals surface area contributed by atoms with Crippen LogP contribution in [0.1, 0.15) is 29.9 Å². The topological polar surface area (TPSA) is 115 Å². The van der Waals surface area contributed by atoms with Crippen molar-refractivity contribution in [2.24, 2.45) is 5.92 Å². The second-order valence-corrected chi connectivity index (χ2v) is 8.07. The Hall–Kier alpha value is -2.81. The number of aliphatic hydroxyl groups excluding tert-OH is 2. The van der Waals surface area contributed by atoms with E-state index in [-0.39, 0.29) is 12.2 Å². The zero-order valence-electron chi connectivity index (χ0n) is 18.1. The van der Waals surface area contributed by atoms with Gasteiger partial charge in [-0.1, -0.05) is 30.3 Å². The van der Waals surface area contributed by atoms with E-state index in [4.69, 9.17) is 24.1 Å². The first-order chi connectivity index (χ1) is 15.5. The van der Waals surface area contributed by atoms with E-state index < -0.39 is 35.6 Å². The Morgan fingerprint density at radius 2 is 1.91 bits per heavy atom. The molecule has 5 atom stereocenters. The zero-order valence-corrected chi connectivity index (χ0v) is 18.1. The number of hydrogen-bond donors (Lipinski definition) is 3. The number of carbonyl (C=O) groups excluding carboxylic acids is 1. The minimum Gasteiger partial charge on any atom is -0.496 e. The van der Waals surface area contributed by atoms with Crippen molar-refractivity contribution in [1.82, 2.24) is 0 Å². The predicted molar refractivity (Wildman–Crippen MR) is 114 cm³/mol. The maximum Gasteiger partial charge on any atom is 0.312 e. The largest absolute Gasteiger partial charge is 0.496 e. The Balaban J connectivity index is 1.76. The molecule has 0 amide bonds. The van der Waals surface area contributed by atoms with Crippen LogP contribution in [0, 0.1) is 5.92 Å². The van der Waals surface area contributed by atoms with E-state index in [1.165, 1.54) is 14.2 Å². The van der Waals surface area contributed by atoms with Crippen LogP contribution in [0.4, 0.5) is 0 Å². The van der Waals surface area contributed by atoms with Crippen LogP contribution in [0.2, 0.25) is 0 Å². The van der Waals surface area contributed by atoms with Crippen molar-refractivity contribution in [2.45, 2.75) is 36.6 Å². The first-order valence-electron chi connectivity index (χ1n) is 10.6. The van der Waals surface area contributed by atoms with Gasteiger partial charge in [-0.25, -0.2) is 0 Å². The molecule has 2 aromatic rings. The van der Waals surface area contributed by atoms with Gasteiger partial charge in [-0.3, -0.25) is 4.79 Å². The zero-order chi connectivity index (χ0) is 22.9. The second-order valence-electron chi connectivity index (χ2n) is 8.07. The monoisotopic (exact) mass is 444 g/mol. The summed E-state index contributed by atoms with van der Waals surface area (Å²) in [6.07, 6.45) is -1.10. The number of carbonyl (C=O) groups is 1. The number of unbranched alkanes of at least 4 members (excludes halogenated alkanes) is 1. The van der Waals surface area contributed by atoms with Gasteiger partial charge in [-0.2, -0.15) is 0 Å². The standard InChI is InChI=1S/C24H28O8/c1-29-16-12-15(31-11-7-6-10-25)13-17-20(16)24(28)21(26)19(23(27)30-2)18(22(24)32-17)14-8-4-3-5-9-14/h3-5,8-9,12-13,18-19,21-22,25-26,28H,6-7,10-11H2,1-2H3/t18-,19?,21?,22?,24+/m1/s1. The summed E-state index contributed by atoms with van der Waals surface area (Å²) in [6, 6.07) is 12.4. The number of benzene rings is 2. The third-order valence-corrected chi connectivity index (χ3v) is 6.33. The van der Waals surface area contributed by atoms with E-state index in [1.807, 2.05) is 30.3 Å². The molecular weight excluding hydrogens is 416 g/mol. The van der Waals surface area contributed by atoms with Crippen molar-refractivity contribution in [1.29, 1.82) is 0 Å². The highest BCUT2D eigenvalue weighted by molar-refractivity contribution is 5.77. The molecule has 0 aromatic heterocycles. The minimum atomic E-state index is -1.88. The Bertz CT molecular complexity index is 962. The van der Waals surface area contributed by atoms with Crippen LogP contribution < -0.4 is 14.2 Å². The molecule has 1 aliphatic heterocycles. The van der Waals surface area contributed by atoms with Gasteiger partial charge in [-0.15, -0.1) is 0 Å². The molecule has 1 aliphatic carbocycles. The summed E-state index contributed by atoms with van der Waals surface area (Å²) in [6.45, 7) is 0.491. The van der Waals surface area contributed by atoms with Crippen LogP contribution in [-0.2, 0) is 15.1 Å². The number of hydrogen-bond acceptors (Lipinski definition) is 8. The van der Waals surface area contributed by atoms with E-state index in [9.17, 15) is 15.0 Å². The molecule has 0 radical (unpaired) electrons. The molecule has 1 saturated carbocycles. The predicted octanol–water partition coefficient (Wildman–Crippen LogP) is 1.74. The fraction of sp³-hybridized carbons (Fsp3) is 0.458. The molecule has 1 fully saturated rings. The first kappa shape index (κ1) is 22.4. The summed E-state index contributed by atoms with van der Waals surface area (Å²) in [4.78, 5) is 12.7. The average molecular weight is 444 g/mol. The number of rotatable bonds is 8. The van der Waals surface area contributed by atoms with E-state index in [0.717, 1.165) is 5.56 Å². The molecule has 4 rings (SSSR count). The fourth-order valence-corrected chi connectivity index (χ4v) is 4.86. The molecule has 3 unspecified atom stereocenters. The van der Waals surface area contributed by atoms with Crippen LogP contribution in [0.5, 0.6) is 17.2 Å². The lowest BCUT2D eigenvalue weighted by Crippen LogP contribution is -2.44. The quantitative estimate of drug-likeness (QED) is 0.417. The summed E-state index contributed by atoms with van der Waals surface area (Å²) in [5.41, 5.74) is -0.849. The normalized spacial score (nSPS) is 27.9. The Morgan fingerprint density at radius 1 is 1.16 bits per heavy atom. The van der Waals surface area contributed by atoms with Gasteiger partial charge in [0.1, 0.15) is 29.5 Å². The number of methoxy groups -OCH3 is 2. The molecule has 32 heavy (non-hydrogen) atoms. The molecule has 1 heterocycles. The van der Waals surface area contributed by atoms with Crippen molar-refractivity contribution in [3.05, 3.63) is 53.6 Å². The summed E-state index contributed by atoms with van der Waals surface area (Å²) in [7, 11) is 2.71. The number of esters is 1. The van der Waals surface area contributed by atoms with Gasteiger partial charge in [0.15, 0.2) is 5.60 Å². The van der Waals surface area contributed by atoms with Gasteiger partial charge in [0, 0.05) is 24.7 Å². The molecule has 0 saturated heterocycles. The van der Waals surface area contributed by atoms with Crippen LogP contribution >= 0.6 is 0 Å². The number of ether oxygens (including phenoxy) is 4. The van der Waals surface area contributed by atoms with Crippen molar-refractivity contribution in [2.75, 3.05) is 27.4 Å². The van der Waals surface area contributed by atoms with Crippen LogP contribution in [0.25, 0.3) is 0 Å². The molecular formula is C24H28O8. The van der Waals surface area contributed by atoms with Crippen molar-refractivity contribution >= 4 is 5.97 Å². The van der Waals surface area contributed by atoms with E-state index in [2.05, 4.69) is 0 Å². The third kappa shape index (κ3) is 3.48. The Labute approximate surface area is 186 Å². The van der Waals surface area contributed by atoms with E-state index in [1.54, 1.807) is 12.1 Å². The van der Waals surface area contributed by atoms with Crippen LogP contribution in [0.3, 0.4) is 0 Å². The summed E-state index contributed by atoms with van der Waals surface area (Å²) >= 11 is 0. The highest BCUT2D eigenvalue weighted by Gasteiger charge is 2.69. The smallest absolute Gasteiger partial charge is 0.312 e. The van der Waals surface area contributed by atoms with Crippen molar-refractivity contribution < 1.29 is 39.1 Å². The van der Waals surface area contributed by atoms with Gasteiger partial charge in [0.25, 0.3) is 0 Å². The van der Waals surface area contributed by atoms with Crippen LogP contribution in [0.15, 0.2) is 42.5 Å². The summed E-state index contributed by atoms with van der Waals surface area (Å²) in [5.74, 6) is -1.18. The molecule has 2 aromatic carbocycles. The Morgan fingerprint density at radius 3 is 2.56 bits per heavy atom. The molecule has 0 spiro atoms. The molecule has 8 heteroatoms. The van der Waals surface area contributed by atoms with Gasteiger partial charge in [0.2, 0.25) is 0 Å². The van der Waals surface area contributed by atoms with Gasteiger partial charge < -0.3 is 34.3 Å². The number of aliphatic hydroxyl groups is 3. The molecule has 8 nitrogen and oxygen atoms in total. The number of fused-ring (bicyclic) bond motifs is 3. The third-order valence-electron chi connectivity index (χ3n) is 6.33. The maximum atomic E-state index is 12.7. The van der Waals surface area contributed by atoms with E-state index in [0.29, 0.717) is 36.7 Å². The SMILES string of the molecule is COC(=O)C1C(O)[C@@]2(O)c3c(OC)cc(OCCCCO)cc3OC2[C@@H]1c1ccccc1. The highest BCUT2D eigenvalue weighted by Crippen LogP contribution is 2.60. The maximum absolute atomic E-state index is 12.7. The minimum absolute atomic E-state index is 0.0921. The van der Waals surface area contributed by atoms with E-state index >= 15 is 0 Å². The van der Waals surface area contributed by atoms with Gasteiger partial charge >= 0.3 is 5.97 Å². The first-order valence-corrected chi connectivity index (χ1v) is 10.6. The molecule has 3 N–H and O–H groups in total. The molecule has 2 aliphatic rings. The second kappa shape index (κ2) is 8.97. The van der Waals surface area contributed by atoms with Gasteiger partial charge in [-0.05, 0) is 18.4 Å². The van der Waals surface area contributed by atoms with Crippen molar-refractivity contribution in [3.8, 4) is 17.2 Å². The molecule has 0 bridgehead atoms. The van der Waals surface area contributed by atoms with Gasteiger partial charge in [0.05, 0.1) is 32.3 Å². The lowest BCUT2D eigenvalue weighted by molar-refractivity contribution is -0.154. The Kier molecular flexibility index (Phi) is 6.28.